The monoisotopic (exact) mass is 385 g/mol. The van der Waals surface area contributed by atoms with Gasteiger partial charge in [-0.2, -0.15) is 5.26 Å². The minimum Gasteiger partial charge on any atom is -0.341 e. The van der Waals surface area contributed by atoms with E-state index in [1.165, 1.54) is 23.1 Å². The number of aliphatic imine (C=N–C) groups is 1. The predicted octanol–water partition coefficient (Wildman–Crippen LogP) is 2.79. The summed E-state index contributed by atoms with van der Waals surface area (Å²) in [7, 11) is 1.63. The minimum atomic E-state index is -0.447. The van der Waals surface area contributed by atoms with Gasteiger partial charge in [0, 0.05) is 31.8 Å². The highest BCUT2D eigenvalue weighted by Gasteiger charge is 2.28. The number of guanidine groups is 1. The number of hydrogen-bond donors (Lipinski definition) is 1. The van der Waals surface area contributed by atoms with Crippen molar-refractivity contribution < 1.29 is 9.18 Å². The molecule has 1 unspecified atom stereocenters. The van der Waals surface area contributed by atoms with E-state index in [4.69, 9.17) is 5.73 Å². The van der Waals surface area contributed by atoms with Crippen LogP contribution in [-0.2, 0) is 11.3 Å². The lowest BCUT2D eigenvalue weighted by molar-refractivity contribution is -0.124. The van der Waals surface area contributed by atoms with Crippen molar-refractivity contribution in [1.29, 1.82) is 5.26 Å². The molecular weight excluding hydrogens is 357 g/mol. The number of likely N-dealkylation sites (tertiary alicyclic amines) is 1. The third-order valence-corrected chi connectivity index (χ3v) is 4.79. The maximum atomic E-state index is 13.8. The smallest absolute Gasteiger partial charge is 0.256 e. The van der Waals surface area contributed by atoms with Crippen molar-refractivity contribution in [3.8, 4) is 6.07 Å². The zero-order chi connectivity index (χ0) is 20.7. The first-order valence-electron chi connectivity index (χ1n) is 9.55. The summed E-state index contributed by atoms with van der Waals surface area (Å²) < 4.78 is 13.8. The topological polar surface area (TPSA) is 85.7 Å². The summed E-state index contributed by atoms with van der Waals surface area (Å²) in [5.74, 6) is -0.163. The molecule has 1 aromatic carbocycles. The number of allylic oxidation sites excluding steroid dienone is 1. The molecule has 1 saturated heterocycles. The lowest BCUT2D eigenvalue weighted by Gasteiger charge is -2.37. The number of hydrogen-bond acceptors (Lipinski definition) is 4. The van der Waals surface area contributed by atoms with E-state index in [9.17, 15) is 14.4 Å². The van der Waals surface area contributed by atoms with Crippen molar-refractivity contribution in [3.05, 3.63) is 46.8 Å². The van der Waals surface area contributed by atoms with Crippen molar-refractivity contribution in [3.63, 3.8) is 0 Å². The van der Waals surface area contributed by atoms with Crippen molar-refractivity contribution in [2.75, 3.05) is 20.1 Å². The second kappa shape index (κ2) is 10.00. The summed E-state index contributed by atoms with van der Waals surface area (Å²) in [6.07, 6.45) is 4.41. The molecule has 2 N–H and O–H groups in total. The fraction of sp³-hybridized carbons (Fsp3) is 0.476. The maximum Gasteiger partial charge on any atom is 0.256 e. The second-order valence-electron chi connectivity index (χ2n) is 6.97. The summed E-state index contributed by atoms with van der Waals surface area (Å²) in [6, 6.07) is 6.06. The van der Waals surface area contributed by atoms with Gasteiger partial charge < -0.3 is 10.6 Å². The van der Waals surface area contributed by atoms with Crippen molar-refractivity contribution >= 4 is 11.9 Å². The average Bonchev–Trinajstić information content (AvgIpc) is 2.67. The number of rotatable bonds is 4. The van der Waals surface area contributed by atoms with E-state index >= 15 is 0 Å². The molecule has 0 bridgehead atoms. The first-order chi connectivity index (χ1) is 13.4. The van der Waals surface area contributed by atoms with E-state index < -0.39 is 5.82 Å². The number of carbonyl (C=O) groups is 1. The number of nitrogens with two attached hydrogens (primary N) is 1. The fourth-order valence-corrected chi connectivity index (χ4v) is 3.44. The molecule has 1 aliphatic rings. The molecule has 1 fully saturated rings. The van der Waals surface area contributed by atoms with Gasteiger partial charge in [0.15, 0.2) is 0 Å². The minimum absolute atomic E-state index is 0.0126. The van der Waals surface area contributed by atoms with E-state index in [1.807, 2.05) is 17.9 Å². The van der Waals surface area contributed by atoms with Crippen LogP contribution in [0.3, 0.4) is 0 Å². The van der Waals surface area contributed by atoms with Gasteiger partial charge in [0.1, 0.15) is 5.82 Å². The normalized spacial score (nSPS) is 18.0. The van der Waals surface area contributed by atoms with Gasteiger partial charge in [-0.25, -0.2) is 4.39 Å². The molecule has 1 aromatic rings. The summed E-state index contributed by atoms with van der Waals surface area (Å²) in [5.41, 5.74) is 7.48. The molecule has 7 heteroatoms. The SMILES string of the molecule is CC/C=C(\C)C(=O)N(Cc1cc(F)ccc1C#N)C(=NC)N1CCCC(N)C1. The van der Waals surface area contributed by atoms with Crippen molar-refractivity contribution in [2.45, 2.75) is 45.7 Å². The molecule has 6 nitrogen and oxygen atoms in total. The molecule has 1 amide bonds. The molecule has 2 rings (SSSR count). The average molecular weight is 385 g/mol. The van der Waals surface area contributed by atoms with Crippen LogP contribution in [0.5, 0.6) is 0 Å². The molecule has 1 heterocycles. The fourth-order valence-electron chi connectivity index (χ4n) is 3.44. The van der Waals surface area contributed by atoms with Crippen LogP contribution in [0.15, 0.2) is 34.8 Å². The molecule has 0 aromatic heterocycles. The van der Waals surface area contributed by atoms with Gasteiger partial charge in [0.2, 0.25) is 5.96 Å². The molecule has 0 radical (unpaired) electrons. The Morgan fingerprint density at radius 3 is 2.89 bits per heavy atom. The summed E-state index contributed by atoms with van der Waals surface area (Å²) in [5, 5.41) is 9.39. The van der Waals surface area contributed by atoms with Crippen molar-refractivity contribution in [2.24, 2.45) is 10.7 Å². The Labute approximate surface area is 166 Å². The quantitative estimate of drug-likeness (QED) is 0.491. The number of nitriles is 1. The number of piperidine rings is 1. The third-order valence-electron chi connectivity index (χ3n) is 4.79. The number of halogens is 1. The number of carbonyl (C=O) groups excluding carboxylic acids is 1. The van der Waals surface area contributed by atoms with Gasteiger partial charge >= 0.3 is 0 Å². The van der Waals surface area contributed by atoms with Crippen LogP contribution in [-0.4, -0.2) is 47.8 Å². The van der Waals surface area contributed by atoms with Gasteiger partial charge in [-0.05, 0) is 49.9 Å². The predicted molar refractivity (Wildman–Crippen MR) is 108 cm³/mol. The van der Waals surface area contributed by atoms with Crippen molar-refractivity contribution in [1.82, 2.24) is 9.80 Å². The van der Waals surface area contributed by atoms with Crippen LogP contribution in [0.1, 0.15) is 44.2 Å². The highest BCUT2D eigenvalue weighted by Crippen LogP contribution is 2.19. The lowest BCUT2D eigenvalue weighted by Crippen LogP contribution is -2.53. The molecule has 28 heavy (non-hydrogen) atoms. The highest BCUT2D eigenvalue weighted by molar-refractivity contribution is 6.05. The zero-order valence-electron chi connectivity index (χ0n) is 16.8. The second-order valence-corrected chi connectivity index (χ2v) is 6.97. The maximum absolute atomic E-state index is 13.8. The van der Waals surface area contributed by atoms with E-state index in [2.05, 4.69) is 11.1 Å². The third kappa shape index (κ3) is 5.17. The molecule has 0 spiro atoms. The Morgan fingerprint density at radius 1 is 1.54 bits per heavy atom. The highest BCUT2D eigenvalue weighted by atomic mass is 19.1. The number of nitrogens with zero attached hydrogens (tertiary/aromatic N) is 4. The first-order valence-corrected chi connectivity index (χ1v) is 9.55. The lowest BCUT2D eigenvalue weighted by atomic mass is 10.1. The molecule has 0 aliphatic carbocycles. The Balaban J connectivity index is 2.45. The molecule has 150 valence electrons. The van der Waals surface area contributed by atoms with Gasteiger partial charge in [-0.1, -0.05) is 13.0 Å². The van der Waals surface area contributed by atoms with E-state index in [0.29, 0.717) is 29.2 Å². The number of amides is 1. The summed E-state index contributed by atoms with van der Waals surface area (Å²) in [4.78, 5) is 21.1. The van der Waals surface area contributed by atoms with E-state index in [-0.39, 0.29) is 18.5 Å². The Morgan fingerprint density at radius 2 is 2.29 bits per heavy atom. The Hall–Kier alpha value is -2.72. The summed E-state index contributed by atoms with van der Waals surface area (Å²) >= 11 is 0. The van der Waals surface area contributed by atoms with Crippen LogP contribution in [0.4, 0.5) is 4.39 Å². The molecular formula is C21H28FN5O. The number of benzene rings is 1. The van der Waals surface area contributed by atoms with E-state index in [1.54, 1.807) is 14.0 Å². The Kier molecular flexibility index (Phi) is 7.70. The Bertz CT molecular complexity index is 812. The van der Waals surface area contributed by atoms with Gasteiger partial charge in [0.25, 0.3) is 5.91 Å². The van der Waals surface area contributed by atoms with Crippen LogP contribution >= 0.6 is 0 Å². The van der Waals surface area contributed by atoms with E-state index in [0.717, 1.165) is 25.8 Å². The van der Waals surface area contributed by atoms with Crippen LogP contribution < -0.4 is 5.73 Å². The van der Waals surface area contributed by atoms with Crippen LogP contribution in [0.25, 0.3) is 0 Å². The molecule has 1 atom stereocenters. The summed E-state index contributed by atoms with van der Waals surface area (Å²) in [6.45, 7) is 5.12. The zero-order valence-corrected chi connectivity index (χ0v) is 16.8. The molecule has 1 aliphatic heterocycles. The van der Waals surface area contributed by atoms with Gasteiger partial charge in [-0.3, -0.25) is 14.7 Å². The standard InChI is InChI=1S/C21H28FN5O/c1-4-6-15(2)20(28)27(13-17-11-18(22)9-8-16(17)12-23)21(25-3)26-10-5-7-19(24)14-26/h6,8-9,11,19H,4-5,7,10,13-14,24H2,1-3H3/b15-6+,25-21?. The largest absolute Gasteiger partial charge is 0.341 e. The van der Waals surface area contributed by atoms with Crippen LogP contribution in [0, 0.1) is 17.1 Å². The van der Waals surface area contributed by atoms with Gasteiger partial charge in [-0.15, -0.1) is 0 Å². The van der Waals surface area contributed by atoms with Gasteiger partial charge in [0.05, 0.1) is 18.2 Å². The first kappa shape index (κ1) is 21.6. The molecule has 0 saturated carbocycles. The van der Waals surface area contributed by atoms with Crippen LogP contribution in [0.2, 0.25) is 0 Å².